The summed E-state index contributed by atoms with van der Waals surface area (Å²) in [6, 6.07) is 7.21. The minimum atomic E-state index is -2.65. The van der Waals surface area contributed by atoms with Crippen molar-refractivity contribution < 1.29 is 8.78 Å². The third-order valence-electron chi connectivity index (χ3n) is 2.72. The minimum absolute atomic E-state index is 0.237. The molecule has 2 rings (SSSR count). The zero-order valence-electron chi connectivity index (χ0n) is 9.11. The highest BCUT2D eigenvalue weighted by Crippen LogP contribution is 2.30. The molecule has 0 saturated heterocycles. The van der Waals surface area contributed by atoms with Crippen LogP contribution >= 0.6 is 0 Å². The van der Waals surface area contributed by atoms with Gasteiger partial charge in [-0.15, -0.1) is 0 Å². The van der Waals surface area contributed by atoms with E-state index >= 15 is 0 Å². The Morgan fingerprint density at radius 1 is 1.38 bits per heavy atom. The molecular formula is C11H13F2N3. The van der Waals surface area contributed by atoms with Crippen molar-refractivity contribution >= 4 is 10.9 Å². The molecule has 1 unspecified atom stereocenters. The van der Waals surface area contributed by atoms with E-state index in [1.807, 2.05) is 12.1 Å². The van der Waals surface area contributed by atoms with Crippen molar-refractivity contribution in [2.75, 3.05) is 0 Å². The monoisotopic (exact) mass is 225 g/mol. The summed E-state index contributed by atoms with van der Waals surface area (Å²) in [6.45, 7) is 1.30. The summed E-state index contributed by atoms with van der Waals surface area (Å²) in [5.74, 6) is 0. The second-order valence-corrected chi connectivity index (χ2v) is 4.07. The molecule has 5 heteroatoms. The Kier molecular flexibility index (Phi) is 2.42. The molecule has 0 amide bonds. The van der Waals surface area contributed by atoms with E-state index in [0.717, 1.165) is 5.52 Å². The number of benzene rings is 1. The van der Waals surface area contributed by atoms with Gasteiger partial charge in [-0.05, 0) is 13.0 Å². The number of hydrogen-bond donors (Lipinski definition) is 1. The van der Waals surface area contributed by atoms with Crippen LogP contribution in [0.5, 0.6) is 0 Å². The first-order valence-electron chi connectivity index (χ1n) is 4.94. The van der Waals surface area contributed by atoms with E-state index in [1.165, 1.54) is 6.92 Å². The summed E-state index contributed by atoms with van der Waals surface area (Å²) < 4.78 is 27.3. The molecule has 0 spiro atoms. The van der Waals surface area contributed by atoms with E-state index in [-0.39, 0.29) is 5.69 Å². The van der Waals surface area contributed by atoms with Crippen molar-refractivity contribution in [3.8, 4) is 0 Å². The van der Waals surface area contributed by atoms with Crippen molar-refractivity contribution in [2.45, 2.75) is 18.9 Å². The molecule has 1 aromatic carbocycles. The first-order chi connectivity index (χ1) is 7.44. The largest absolute Gasteiger partial charge is 0.316 e. The molecule has 0 aliphatic heterocycles. The Morgan fingerprint density at radius 2 is 2.00 bits per heavy atom. The van der Waals surface area contributed by atoms with Crippen molar-refractivity contribution in [3.63, 3.8) is 0 Å². The van der Waals surface area contributed by atoms with Crippen molar-refractivity contribution in [1.82, 2.24) is 9.78 Å². The van der Waals surface area contributed by atoms with Gasteiger partial charge in [-0.25, -0.2) is 8.78 Å². The van der Waals surface area contributed by atoms with E-state index < -0.39 is 12.0 Å². The smallest absolute Gasteiger partial charge is 0.261 e. The van der Waals surface area contributed by atoms with Crippen LogP contribution in [0.4, 0.5) is 8.78 Å². The molecule has 0 saturated carbocycles. The van der Waals surface area contributed by atoms with Gasteiger partial charge in [0.1, 0.15) is 5.54 Å². The third kappa shape index (κ3) is 1.48. The first kappa shape index (κ1) is 11.0. The number of halogens is 2. The number of aryl methyl sites for hydroxylation is 1. The van der Waals surface area contributed by atoms with Gasteiger partial charge in [0, 0.05) is 12.4 Å². The van der Waals surface area contributed by atoms with E-state index in [9.17, 15) is 8.78 Å². The van der Waals surface area contributed by atoms with Crippen LogP contribution in [-0.4, -0.2) is 16.2 Å². The predicted octanol–water partition coefficient (Wildman–Crippen LogP) is 2.01. The van der Waals surface area contributed by atoms with Gasteiger partial charge in [0.2, 0.25) is 0 Å². The number of alkyl halides is 2. The van der Waals surface area contributed by atoms with Crippen LogP contribution in [0.1, 0.15) is 12.6 Å². The summed E-state index contributed by atoms with van der Waals surface area (Å²) in [4.78, 5) is 0. The Morgan fingerprint density at radius 3 is 2.62 bits per heavy atom. The maximum absolute atomic E-state index is 12.9. The van der Waals surface area contributed by atoms with Gasteiger partial charge in [-0.2, -0.15) is 5.10 Å². The molecule has 0 aliphatic carbocycles. The van der Waals surface area contributed by atoms with Crippen LogP contribution in [0.15, 0.2) is 24.3 Å². The fraction of sp³-hybridized carbons (Fsp3) is 0.364. The summed E-state index contributed by atoms with van der Waals surface area (Å²) in [7, 11) is 1.72. The second-order valence-electron chi connectivity index (χ2n) is 4.07. The lowest BCUT2D eigenvalue weighted by Crippen LogP contribution is -2.41. The first-order valence-corrected chi connectivity index (χ1v) is 4.94. The second kappa shape index (κ2) is 3.52. The number of nitrogens with zero attached hydrogens (tertiary/aromatic N) is 2. The van der Waals surface area contributed by atoms with E-state index in [4.69, 9.17) is 5.73 Å². The average Bonchev–Trinajstić information content (AvgIpc) is 2.57. The summed E-state index contributed by atoms with van der Waals surface area (Å²) >= 11 is 0. The van der Waals surface area contributed by atoms with Crippen molar-refractivity contribution in [3.05, 3.63) is 30.0 Å². The zero-order chi connectivity index (χ0) is 11.9. The zero-order valence-corrected chi connectivity index (χ0v) is 9.11. The summed E-state index contributed by atoms with van der Waals surface area (Å²) in [6.07, 6.45) is -2.65. The number of nitrogens with two attached hydrogens (primary N) is 1. The molecule has 1 aromatic heterocycles. The number of fused-ring (bicyclic) bond motifs is 1. The van der Waals surface area contributed by atoms with Gasteiger partial charge in [0.05, 0.1) is 11.2 Å². The molecule has 1 atom stereocenters. The van der Waals surface area contributed by atoms with Crippen LogP contribution < -0.4 is 5.73 Å². The molecule has 0 bridgehead atoms. The Bertz CT molecular complexity index is 517. The Labute approximate surface area is 91.9 Å². The van der Waals surface area contributed by atoms with Crippen LogP contribution in [-0.2, 0) is 12.6 Å². The standard InChI is InChI=1S/C11H13F2N3/c1-11(14,10(12)13)9-7-5-3-4-6-8(7)16(2)15-9/h3-6,10H,14H2,1-2H3. The van der Waals surface area contributed by atoms with Crippen LogP contribution in [0.3, 0.4) is 0 Å². The fourth-order valence-electron chi connectivity index (χ4n) is 1.72. The highest BCUT2D eigenvalue weighted by atomic mass is 19.3. The maximum atomic E-state index is 12.9. The highest BCUT2D eigenvalue weighted by Gasteiger charge is 2.36. The lowest BCUT2D eigenvalue weighted by Gasteiger charge is -2.21. The number of rotatable bonds is 2. The molecule has 0 aliphatic rings. The van der Waals surface area contributed by atoms with E-state index in [1.54, 1.807) is 23.9 Å². The molecule has 0 fully saturated rings. The maximum Gasteiger partial charge on any atom is 0.261 e. The van der Waals surface area contributed by atoms with Crippen LogP contribution in [0.25, 0.3) is 10.9 Å². The lowest BCUT2D eigenvalue weighted by molar-refractivity contribution is 0.0606. The van der Waals surface area contributed by atoms with Gasteiger partial charge in [-0.3, -0.25) is 4.68 Å². The average molecular weight is 225 g/mol. The van der Waals surface area contributed by atoms with Crippen molar-refractivity contribution in [2.24, 2.45) is 12.8 Å². The number of hydrogen-bond acceptors (Lipinski definition) is 2. The minimum Gasteiger partial charge on any atom is -0.316 e. The molecular weight excluding hydrogens is 212 g/mol. The molecule has 1 heterocycles. The quantitative estimate of drug-likeness (QED) is 0.849. The molecule has 86 valence electrons. The molecule has 2 aromatic rings. The SMILES string of the molecule is Cn1nc(C(C)(N)C(F)F)c2ccccc21. The Hall–Kier alpha value is -1.49. The van der Waals surface area contributed by atoms with Gasteiger partial charge in [-0.1, -0.05) is 18.2 Å². The molecule has 3 nitrogen and oxygen atoms in total. The van der Waals surface area contributed by atoms with Crippen molar-refractivity contribution in [1.29, 1.82) is 0 Å². The molecule has 16 heavy (non-hydrogen) atoms. The molecule has 2 N–H and O–H groups in total. The fourth-order valence-corrected chi connectivity index (χ4v) is 1.72. The highest BCUT2D eigenvalue weighted by molar-refractivity contribution is 5.82. The summed E-state index contributed by atoms with van der Waals surface area (Å²) in [5, 5.41) is 4.77. The molecule has 0 radical (unpaired) electrons. The van der Waals surface area contributed by atoms with Gasteiger partial charge in [0.25, 0.3) is 6.43 Å². The number of para-hydroxylation sites is 1. The van der Waals surface area contributed by atoms with Gasteiger partial charge >= 0.3 is 0 Å². The topological polar surface area (TPSA) is 43.8 Å². The normalized spacial score (nSPS) is 15.6. The lowest BCUT2D eigenvalue weighted by atomic mass is 9.97. The van der Waals surface area contributed by atoms with E-state index in [0.29, 0.717) is 5.39 Å². The van der Waals surface area contributed by atoms with Crippen LogP contribution in [0, 0.1) is 0 Å². The van der Waals surface area contributed by atoms with Crippen LogP contribution in [0.2, 0.25) is 0 Å². The third-order valence-corrected chi connectivity index (χ3v) is 2.72. The predicted molar refractivity (Wildman–Crippen MR) is 58.3 cm³/mol. The van der Waals surface area contributed by atoms with Gasteiger partial charge < -0.3 is 5.73 Å². The van der Waals surface area contributed by atoms with E-state index in [2.05, 4.69) is 5.10 Å². The number of aromatic nitrogens is 2. The van der Waals surface area contributed by atoms with Gasteiger partial charge in [0.15, 0.2) is 0 Å². The Balaban J connectivity index is 2.71. The summed E-state index contributed by atoms with van der Waals surface area (Å²) in [5.41, 5.74) is 4.95.